The Labute approximate surface area is 154 Å². The number of carbonyl (C=O) groups is 1. The molecule has 1 aromatic carbocycles. The van der Waals surface area contributed by atoms with Crippen molar-refractivity contribution in [2.75, 3.05) is 33.9 Å². The summed E-state index contributed by atoms with van der Waals surface area (Å²) in [6.07, 6.45) is 3.98. The van der Waals surface area contributed by atoms with Crippen molar-refractivity contribution in [3.8, 4) is 11.6 Å². The van der Waals surface area contributed by atoms with Crippen LogP contribution in [0.5, 0.6) is 11.6 Å². The van der Waals surface area contributed by atoms with Crippen LogP contribution in [0.3, 0.4) is 0 Å². The third-order valence-electron chi connectivity index (χ3n) is 4.73. The zero-order valence-corrected chi connectivity index (χ0v) is 15.3. The van der Waals surface area contributed by atoms with Crippen LogP contribution in [-0.4, -0.2) is 49.6 Å². The van der Waals surface area contributed by atoms with Crippen LogP contribution < -0.4 is 14.8 Å². The lowest BCUT2D eigenvalue weighted by molar-refractivity contribution is 0.0934. The second-order valence-corrected chi connectivity index (χ2v) is 6.31. The van der Waals surface area contributed by atoms with E-state index in [0.717, 1.165) is 24.4 Å². The number of benzene rings is 1. The van der Waals surface area contributed by atoms with Gasteiger partial charge in [0.1, 0.15) is 11.3 Å². The third-order valence-corrected chi connectivity index (χ3v) is 4.73. The van der Waals surface area contributed by atoms with Gasteiger partial charge in [-0.25, -0.2) is 4.98 Å². The van der Waals surface area contributed by atoms with Crippen molar-refractivity contribution in [1.82, 2.24) is 15.2 Å². The van der Waals surface area contributed by atoms with Gasteiger partial charge in [-0.15, -0.1) is 0 Å². The highest BCUT2D eigenvalue weighted by Gasteiger charge is 2.25. The first kappa shape index (κ1) is 18.2. The molecule has 2 aromatic rings. The van der Waals surface area contributed by atoms with Crippen LogP contribution in [-0.2, 0) is 0 Å². The Morgan fingerprint density at radius 2 is 2.00 bits per heavy atom. The fourth-order valence-corrected chi connectivity index (χ4v) is 3.37. The van der Waals surface area contributed by atoms with E-state index < -0.39 is 0 Å². The topological polar surface area (TPSA) is 63.7 Å². The Kier molecular flexibility index (Phi) is 6.07. The van der Waals surface area contributed by atoms with Crippen molar-refractivity contribution < 1.29 is 14.3 Å². The van der Waals surface area contributed by atoms with Crippen molar-refractivity contribution in [2.45, 2.75) is 18.9 Å². The number of ether oxygens (including phenoxy) is 2. The summed E-state index contributed by atoms with van der Waals surface area (Å²) in [4.78, 5) is 19.1. The van der Waals surface area contributed by atoms with Crippen LogP contribution >= 0.6 is 0 Å². The van der Waals surface area contributed by atoms with Gasteiger partial charge < -0.3 is 14.8 Å². The fourth-order valence-electron chi connectivity index (χ4n) is 3.37. The van der Waals surface area contributed by atoms with Gasteiger partial charge >= 0.3 is 0 Å². The number of rotatable bonds is 7. The number of methoxy groups -OCH3 is 2. The average Bonchev–Trinajstić information content (AvgIpc) is 3.22. The van der Waals surface area contributed by atoms with Crippen LogP contribution in [0, 0.1) is 0 Å². The number of aromatic nitrogens is 1. The molecule has 0 radical (unpaired) electrons. The Morgan fingerprint density at radius 3 is 2.73 bits per heavy atom. The zero-order chi connectivity index (χ0) is 18.4. The van der Waals surface area contributed by atoms with Crippen molar-refractivity contribution in [1.29, 1.82) is 0 Å². The van der Waals surface area contributed by atoms with Gasteiger partial charge in [0.25, 0.3) is 5.91 Å². The third kappa shape index (κ3) is 4.14. The van der Waals surface area contributed by atoms with Crippen LogP contribution in [0.1, 0.15) is 34.8 Å². The number of amides is 1. The molecule has 1 aliphatic heterocycles. The van der Waals surface area contributed by atoms with Gasteiger partial charge in [0.15, 0.2) is 0 Å². The summed E-state index contributed by atoms with van der Waals surface area (Å²) in [6.45, 7) is 2.59. The summed E-state index contributed by atoms with van der Waals surface area (Å²) in [7, 11) is 3.18. The molecule has 1 fully saturated rings. The molecule has 1 aromatic heterocycles. The van der Waals surface area contributed by atoms with Gasteiger partial charge in [-0.2, -0.15) is 0 Å². The molecule has 0 saturated carbocycles. The van der Waals surface area contributed by atoms with Gasteiger partial charge in [-0.3, -0.25) is 9.69 Å². The van der Waals surface area contributed by atoms with E-state index in [1.165, 1.54) is 20.0 Å². The molecular formula is C20H25N3O3. The average molecular weight is 355 g/mol. The summed E-state index contributed by atoms with van der Waals surface area (Å²) >= 11 is 0. The molecule has 3 rings (SSSR count). The molecule has 0 bridgehead atoms. The van der Waals surface area contributed by atoms with E-state index in [2.05, 4.69) is 21.3 Å². The molecule has 0 spiro atoms. The summed E-state index contributed by atoms with van der Waals surface area (Å²) in [6, 6.07) is 11.6. The van der Waals surface area contributed by atoms with Crippen LogP contribution in [0.15, 0.2) is 42.6 Å². The summed E-state index contributed by atoms with van der Waals surface area (Å²) in [5.41, 5.74) is 1.59. The van der Waals surface area contributed by atoms with Gasteiger partial charge in [0.05, 0.1) is 20.3 Å². The smallest absolute Gasteiger partial charge is 0.256 e. The predicted octanol–water partition coefficient (Wildman–Crippen LogP) is 2.67. The predicted molar refractivity (Wildman–Crippen MR) is 99.7 cm³/mol. The number of likely N-dealkylation sites (tertiary alicyclic amines) is 1. The van der Waals surface area contributed by atoms with E-state index in [9.17, 15) is 4.79 Å². The van der Waals surface area contributed by atoms with E-state index >= 15 is 0 Å². The number of pyridine rings is 1. The highest BCUT2D eigenvalue weighted by Crippen LogP contribution is 2.27. The number of carbonyl (C=O) groups excluding carboxylic acids is 1. The molecule has 138 valence electrons. The standard InChI is InChI=1S/C20H25N3O3/c1-25-16-8-5-7-15(13-16)18(23-11-3-4-12-23)14-22-19(24)17-9-6-10-21-20(17)26-2/h5-10,13,18H,3-4,11-12,14H2,1-2H3,(H,22,24). The van der Waals surface area contributed by atoms with Crippen LogP contribution in [0.2, 0.25) is 0 Å². The molecule has 1 atom stereocenters. The maximum atomic E-state index is 12.6. The zero-order valence-electron chi connectivity index (χ0n) is 15.3. The summed E-state index contributed by atoms with van der Waals surface area (Å²) < 4.78 is 10.6. The molecule has 6 nitrogen and oxygen atoms in total. The first-order valence-electron chi connectivity index (χ1n) is 8.88. The molecule has 1 amide bonds. The Bertz CT molecular complexity index is 745. The Morgan fingerprint density at radius 1 is 1.19 bits per heavy atom. The lowest BCUT2D eigenvalue weighted by Crippen LogP contribution is -2.37. The number of nitrogens with one attached hydrogen (secondary N) is 1. The number of nitrogens with zero attached hydrogens (tertiary/aromatic N) is 2. The van der Waals surface area contributed by atoms with E-state index in [4.69, 9.17) is 9.47 Å². The lowest BCUT2D eigenvalue weighted by atomic mass is 10.0. The number of hydrogen-bond acceptors (Lipinski definition) is 5. The maximum absolute atomic E-state index is 12.6. The van der Waals surface area contributed by atoms with Crippen molar-refractivity contribution in [3.63, 3.8) is 0 Å². The minimum absolute atomic E-state index is 0.110. The second-order valence-electron chi connectivity index (χ2n) is 6.31. The monoisotopic (exact) mass is 355 g/mol. The van der Waals surface area contributed by atoms with Crippen molar-refractivity contribution >= 4 is 5.91 Å². The molecule has 1 N–H and O–H groups in total. The molecule has 1 aliphatic rings. The second kappa shape index (κ2) is 8.67. The Balaban J connectivity index is 1.76. The summed E-state index contributed by atoms with van der Waals surface area (Å²) in [5.74, 6) is 0.984. The largest absolute Gasteiger partial charge is 0.497 e. The molecule has 1 saturated heterocycles. The Hall–Kier alpha value is -2.60. The van der Waals surface area contributed by atoms with Gasteiger partial charge in [-0.05, 0) is 55.8 Å². The minimum atomic E-state index is -0.179. The summed E-state index contributed by atoms with van der Waals surface area (Å²) in [5, 5.41) is 3.05. The van der Waals surface area contributed by atoms with Gasteiger partial charge in [0.2, 0.25) is 5.88 Å². The molecule has 6 heteroatoms. The molecule has 26 heavy (non-hydrogen) atoms. The van der Waals surface area contributed by atoms with Crippen molar-refractivity contribution in [2.24, 2.45) is 0 Å². The van der Waals surface area contributed by atoms with Crippen LogP contribution in [0.25, 0.3) is 0 Å². The normalized spacial score (nSPS) is 15.5. The maximum Gasteiger partial charge on any atom is 0.256 e. The SMILES string of the molecule is COc1cccc(C(CNC(=O)c2cccnc2OC)N2CCCC2)c1. The molecule has 1 unspecified atom stereocenters. The molecular weight excluding hydrogens is 330 g/mol. The van der Waals surface area contributed by atoms with E-state index in [1.54, 1.807) is 25.4 Å². The first-order chi connectivity index (χ1) is 12.7. The van der Waals surface area contributed by atoms with Gasteiger partial charge in [0, 0.05) is 12.7 Å². The highest BCUT2D eigenvalue weighted by atomic mass is 16.5. The highest BCUT2D eigenvalue weighted by molar-refractivity contribution is 5.96. The molecule has 0 aliphatic carbocycles. The lowest BCUT2D eigenvalue weighted by Gasteiger charge is -2.28. The van der Waals surface area contributed by atoms with E-state index in [-0.39, 0.29) is 11.9 Å². The quantitative estimate of drug-likeness (QED) is 0.827. The number of hydrogen-bond donors (Lipinski definition) is 1. The van der Waals surface area contributed by atoms with E-state index in [1.807, 2.05) is 18.2 Å². The van der Waals surface area contributed by atoms with E-state index in [0.29, 0.717) is 18.0 Å². The van der Waals surface area contributed by atoms with Crippen LogP contribution in [0.4, 0.5) is 0 Å². The first-order valence-corrected chi connectivity index (χ1v) is 8.88. The molecule has 2 heterocycles. The minimum Gasteiger partial charge on any atom is -0.497 e. The van der Waals surface area contributed by atoms with Gasteiger partial charge in [-0.1, -0.05) is 12.1 Å². The van der Waals surface area contributed by atoms with Crippen molar-refractivity contribution in [3.05, 3.63) is 53.7 Å². The fraction of sp³-hybridized carbons (Fsp3) is 0.400.